The number of hydrogen-bond acceptors (Lipinski definition) is 5. The van der Waals surface area contributed by atoms with E-state index in [1.807, 2.05) is 30.3 Å². The molecule has 0 bridgehead atoms. The standard InChI is InChI=1S/C20H20N4O/c1-25-17-8-6-15(7-9-17)13-21-19-12-20(23-14-22-19)24-11-10-16-4-2-3-5-18(16)24/h2-9,12,14H,10-11,13H2,1H3,(H,21,22,23). The maximum Gasteiger partial charge on any atom is 0.138 e. The van der Waals surface area contributed by atoms with E-state index >= 15 is 0 Å². The summed E-state index contributed by atoms with van der Waals surface area (Å²) in [5, 5.41) is 3.37. The molecule has 0 amide bonds. The van der Waals surface area contributed by atoms with E-state index in [2.05, 4.69) is 44.5 Å². The van der Waals surface area contributed by atoms with Crippen molar-refractivity contribution < 1.29 is 4.74 Å². The van der Waals surface area contributed by atoms with E-state index in [-0.39, 0.29) is 0 Å². The van der Waals surface area contributed by atoms with Crippen LogP contribution in [0.5, 0.6) is 5.75 Å². The van der Waals surface area contributed by atoms with Gasteiger partial charge < -0.3 is 15.0 Å². The van der Waals surface area contributed by atoms with Crippen molar-refractivity contribution in [3.63, 3.8) is 0 Å². The zero-order chi connectivity index (χ0) is 17.1. The van der Waals surface area contributed by atoms with Crippen molar-refractivity contribution in [3.8, 4) is 5.75 Å². The summed E-state index contributed by atoms with van der Waals surface area (Å²) in [4.78, 5) is 11.0. The zero-order valence-corrected chi connectivity index (χ0v) is 14.1. The van der Waals surface area contributed by atoms with Gasteiger partial charge in [0, 0.05) is 24.8 Å². The summed E-state index contributed by atoms with van der Waals surface area (Å²) in [5.41, 5.74) is 3.78. The molecular weight excluding hydrogens is 312 g/mol. The van der Waals surface area contributed by atoms with Crippen molar-refractivity contribution in [1.82, 2.24) is 9.97 Å². The Morgan fingerprint density at radius 2 is 1.92 bits per heavy atom. The highest BCUT2D eigenvalue weighted by molar-refractivity contribution is 5.68. The van der Waals surface area contributed by atoms with E-state index in [4.69, 9.17) is 4.74 Å². The first-order chi connectivity index (χ1) is 12.3. The number of ether oxygens (including phenoxy) is 1. The summed E-state index contributed by atoms with van der Waals surface area (Å²) in [6, 6.07) is 18.5. The van der Waals surface area contributed by atoms with Gasteiger partial charge in [-0.1, -0.05) is 30.3 Å². The first-order valence-electron chi connectivity index (χ1n) is 8.38. The van der Waals surface area contributed by atoms with Gasteiger partial charge in [-0.05, 0) is 35.7 Å². The first kappa shape index (κ1) is 15.4. The lowest BCUT2D eigenvalue weighted by molar-refractivity contribution is 0.414. The van der Waals surface area contributed by atoms with Gasteiger partial charge in [-0.2, -0.15) is 0 Å². The Balaban J connectivity index is 1.48. The molecule has 5 heteroatoms. The fourth-order valence-electron chi connectivity index (χ4n) is 3.10. The molecule has 126 valence electrons. The minimum atomic E-state index is 0.705. The Morgan fingerprint density at radius 1 is 1.08 bits per heavy atom. The van der Waals surface area contributed by atoms with Crippen LogP contribution in [0.2, 0.25) is 0 Å². The molecule has 25 heavy (non-hydrogen) atoms. The fraction of sp³-hybridized carbons (Fsp3) is 0.200. The van der Waals surface area contributed by atoms with Gasteiger partial charge in [-0.3, -0.25) is 0 Å². The topological polar surface area (TPSA) is 50.3 Å². The quantitative estimate of drug-likeness (QED) is 0.770. The van der Waals surface area contributed by atoms with Crippen LogP contribution in [0.15, 0.2) is 60.9 Å². The molecule has 4 rings (SSSR count). The summed E-state index contributed by atoms with van der Waals surface area (Å²) in [5.74, 6) is 2.61. The van der Waals surface area contributed by atoms with Crippen LogP contribution in [0.3, 0.4) is 0 Å². The molecule has 0 spiro atoms. The first-order valence-corrected chi connectivity index (χ1v) is 8.38. The third-order valence-corrected chi connectivity index (χ3v) is 4.45. The normalized spacial score (nSPS) is 12.8. The lowest BCUT2D eigenvalue weighted by Gasteiger charge is -2.18. The summed E-state index contributed by atoms with van der Waals surface area (Å²) in [6.07, 6.45) is 2.67. The Hall–Kier alpha value is -3.08. The van der Waals surface area contributed by atoms with Crippen molar-refractivity contribution in [2.75, 3.05) is 23.9 Å². The van der Waals surface area contributed by atoms with Crippen LogP contribution in [-0.4, -0.2) is 23.6 Å². The van der Waals surface area contributed by atoms with Gasteiger partial charge in [-0.25, -0.2) is 9.97 Å². The molecule has 3 aromatic rings. The van der Waals surface area contributed by atoms with Gasteiger partial charge in [0.25, 0.3) is 0 Å². The van der Waals surface area contributed by atoms with Crippen molar-refractivity contribution in [2.24, 2.45) is 0 Å². The van der Waals surface area contributed by atoms with Crippen LogP contribution < -0.4 is 15.0 Å². The highest BCUT2D eigenvalue weighted by atomic mass is 16.5. The van der Waals surface area contributed by atoms with Crippen molar-refractivity contribution in [3.05, 3.63) is 72.1 Å². The lowest BCUT2D eigenvalue weighted by Crippen LogP contribution is -2.15. The van der Waals surface area contributed by atoms with Gasteiger partial charge >= 0.3 is 0 Å². The fourth-order valence-corrected chi connectivity index (χ4v) is 3.10. The number of aromatic nitrogens is 2. The summed E-state index contributed by atoms with van der Waals surface area (Å²) < 4.78 is 5.19. The Labute approximate surface area is 147 Å². The maximum absolute atomic E-state index is 5.19. The van der Waals surface area contributed by atoms with E-state index in [0.717, 1.165) is 30.4 Å². The second-order valence-electron chi connectivity index (χ2n) is 5.99. The van der Waals surface area contributed by atoms with Crippen molar-refractivity contribution in [2.45, 2.75) is 13.0 Å². The summed E-state index contributed by atoms with van der Waals surface area (Å²) >= 11 is 0. The predicted octanol–water partition coefficient (Wildman–Crippen LogP) is 3.79. The highest BCUT2D eigenvalue weighted by Crippen LogP contribution is 2.33. The monoisotopic (exact) mass is 332 g/mol. The second-order valence-corrected chi connectivity index (χ2v) is 5.99. The molecular formula is C20H20N4O. The van der Waals surface area contributed by atoms with Crippen LogP contribution in [0.4, 0.5) is 17.3 Å². The van der Waals surface area contributed by atoms with Crippen LogP contribution in [-0.2, 0) is 13.0 Å². The maximum atomic E-state index is 5.19. The molecule has 0 saturated heterocycles. The van der Waals surface area contributed by atoms with E-state index in [0.29, 0.717) is 6.54 Å². The van der Waals surface area contributed by atoms with Crippen LogP contribution in [0.25, 0.3) is 0 Å². The number of benzene rings is 2. The van der Waals surface area contributed by atoms with Gasteiger partial charge in [-0.15, -0.1) is 0 Å². The number of hydrogen-bond donors (Lipinski definition) is 1. The van der Waals surface area contributed by atoms with Gasteiger partial charge in [0.2, 0.25) is 0 Å². The van der Waals surface area contributed by atoms with E-state index in [1.54, 1.807) is 13.4 Å². The molecule has 2 heterocycles. The average Bonchev–Trinajstić information content (AvgIpc) is 3.11. The second kappa shape index (κ2) is 6.81. The van der Waals surface area contributed by atoms with Gasteiger partial charge in [0.15, 0.2) is 0 Å². The molecule has 1 aliphatic rings. The lowest BCUT2D eigenvalue weighted by atomic mass is 10.2. The third-order valence-electron chi connectivity index (χ3n) is 4.45. The molecule has 1 aromatic heterocycles. The Morgan fingerprint density at radius 3 is 2.76 bits per heavy atom. The van der Waals surface area contributed by atoms with Crippen LogP contribution in [0, 0.1) is 0 Å². The van der Waals surface area contributed by atoms with Crippen molar-refractivity contribution in [1.29, 1.82) is 0 Å². The number of nitrogens with zero attached hydrogens (tertiary/aromatic N) is 3. The molecule has 2 aromatic carbocycles. The zero-order valence-electron chi connectivity index (χ0n) is 14.1. The van der Waals surface area contributed by atoms with Crippen molar-refractivity contribution >= 4 is 17.3 Å². The number of para-hydroxylation sites is 1. The highest BCUT2D eigenvalue weighted by Gasteiger charge is 2.20. The number of methoxy groups -OCH3 is 1. The molecule has 0 unspecified atom stereocenters. The summed E-state index contributed by atoms with van der Waals surface area (Å²) in [7, 11) is 1.67. The van der Waals surface area contributed by atoms with Crippen LogP contribution >= 0.6 is 0 Å². The minimum Gasteiger partial charge on any atom is -0.497 e. The van der Waals surface area contributed by atoms with Crippen LogP contribution in [0.1, 0.15) is 11.1 Å². The average molecular weight is 332 g/mol. The molecule has 1 aliphatic heterocycles. The third kappa shape index (κ3) is 3.26. The molecule has 0 aliphatic carbocycles. The van der Waals surface area contributed by atoms with E-state index in [1.165, 1.54) is 16.8 Å². The minimum absolute atomic E-state index is 0.705. The molecule has 0 saturated carbocycles. The molecule has 1 N–H and O–H groups in total. The number of fused-ring (bicyclic) bond motifs is 1. The summed E-state index contributed by atoms with van der Waals surface area (Å²) in [6.45, 7) is 1.66. The molecule has 0 radical (unpaired) electrons. The Bertz CT molecular complexity index is 864. The SMILES string of the molecule is COc1ccc(CNc2cc(N3CCc4ccccc43)ncn2)cc1. The van der Waals surface area contributed by atoms with Gasteiger partial charge in [0.1, 0.15) is 23.7 Å². The molecule has 0 fully saturated rings. The number of nitrogens with one attached hydrogen (secondary N) is 1. The van der Waals surface area contributed by atoms with Gasteiger partial charge in [0.05, 0.1) is 7.11 Å². The number of anilines is 3. The van der Waals surface area contributed by atoms with E-state index in [9.17, 15) is 0 Å². The molecule has 0 atom stereocenters. The smallest absolute Gasteiger partial charge is 0.138 e. The predicted molar refractivity (Wildman–Crippen MR) is 99.5 cm³/mol. The number of rotatable bonds is 5. The Kier molecular flexibility index (Phi) is 4.21. The molecule has 5 nitrogen and oxygen atoms in total. The van der Waals surface area contributed by atoms with E-state index < -0.39 is 0 Å². The largest absolute Gasteiger partial charge is 0.497 e.